The Morgan fingerprint density at radius 2 is 1.67 bits per heavy atom. The molecule has 6 nitrogen and oxygen atoms in total. The van der Waals surface area contributed by atoms with E-state index in [0.717, 1.165) is 40.7 Å². The quantitative estimate of drug-likeness (QED) is 0.275. The normalized spacial score (nSPS) is 12.7. The Morgan fingerprint density at radius 1 is 1.06 bits per heavy atom. The molecule has 0 saturated heterocycles. The first-order valence-electron chi connectivity index (χ1n) is 11.8. The lowest BCUT2D eigenvalue weighted by Gasteiger charge is -2.23. The van der Waals surface area contributed by atoms with Crippen molar-refractivity contribution in [2.24, 2.45) is 0 Å². The van der Waals surface area contributed by atoms with Crippen LogP contribution in [0.25, 0.3) is 12.2 Å². The number of aromatic nitrogens is 3. The van der Waals surface area contributed by atoms with Crippen LogP contribution >= 0.6 is 23.6 Å². The Kier molecular flexibility index (Phi) is 6.55. The number of aryl methyl sites for hydroxylation is 2. The number of fused-ring (bicyclic) bond motifs is 2. The number of nitrogens with one attached hydrogen (secondary N) is 1. The van der Waals surface area contributed by atoms with Gasteiger partial charge in [0.15, 0.2) is 5.69 Å². The van der Waals surface area contributed by atoms with E-state index in [0.29, 0.717) is 9.65 Å². The fourth-order valence-corrected chi connectivity index (χ4v) is 5.76. The number of aromatic amines is 1. The third kappa shape index (κ3) is 4.38. The number of aromatic carboxylic acids is 1. The summed E-state index contributed by atoms with van der Waals surface area (Å²) in [4.78, 5) is 31.1. The van der Waals surface area contributed by atoms with E-state index in [2.05, 4.69) is 72.4 Å². The van der Waals surface area contributed by atoms with Crippen molar-refractivity contribution in [2.45, 2.75) is 39.2 Å². The van der Waals surface area contributed by atoms with Gasteiger partial charge in [0, 0.05) is 23.1 Å². The van der Waals surface area contributed by atoms with E-state index >= 15 is 0 Å². The molecule has 0 radical (unpaired) electrons. The van der Waals surface area contributed by atoms with E-state index in [4.69, 9.17) is 12.2 Å². The van der Waals surface area contributed by atoms with Crippen LogP contribution in [0, 0.1) is 4.64 Å². The van der Waals surface area contributed by atoms with Crippen LogP contribution in [0.1, 0.15) is 74.2 Å². The number of nitrogens with zero attached hydrogens (tertiary/aromatic N) is 2. The van der Waals surface area contributed by atoms with Crippen molar-refractivity contribution >= 4 is 41.7 Å². The number of H-pyrrole nitrogens is 1. The second kappa shape index (κ2) is 9.79. The molecule has 2 aromatic heterocycles. The number of carbonyl (C=O) groups is 1. The van der Waals surface area contributed by atoms with Gasteiger partial charge in [-0.25, -0.2) is 14.6 Å². The highest BCUT2D eigenvalue weighted by Gasteiger charge is 2.26. The summed E-state index contributed by atoms with van der Waals surface area (Å²) in [5.74, 6) is -1.27. The summed E-state index contributed by atoms with van der Waals surface area (Å²) in [6.45, 7) is 4.39. The number of hydrogen-bond acceptors (Lipinski definition) is 5. The van der Waals surface area contributed by atoms with Crippen molar-refractivity contribution in [1.29, 1.82) is 0 Å². The van der Waals surface area contributed by atoms with Gasteiger partial charge >= 0.3 is 11.7 Å². The number of carboxylic acid groups (broad SMARTS) is 1. The average molecular weight is 516 g/mol. The second-order valence-electron chi connectivity index (χ2n) is 8.77. The topological polar surface area (TPSA) is 88.0 Å². The van der Waals surface area contributed by atoms with Gasteiger partial charge in [-0.3, -0.25) is 4.57 Å². The largest absolute Gasteiger partial charge is 0.476 e. The van der Waals surface area contributed by atoms with Gasteiger partial charge in [0.2, 0.25) is 0 Å². The molecule has 2 aromatic carbocycles. The molecule has 1 aliphatic carbocycles. The predicted molar refractivity (Wildman–Crippen MR) is 146 cm³/mol. The SMILES string of the molecule is CCc1ccc2c(c1)C=Cc1cc(CC)ccc1C2c1c[nH]c(=O)n(Cc2nc(C(=O)O)cs2)c1=S. The van der Waals surface area contributed by atoms with Crippen molar-refractivity contribution < 1.29 is 9.90 Å². The molecule has 2 heterocycles. The number of hydrogen-bond donors (Lipinski definition) is 2. The highest BCUT2D eigenvalue weighted by atomic mass is 32.1. The summed E-state index contributed by atoms with van der Waals surface area (Å²) < 4.78 is 1.88. The summed E-state index contributed by atoms with van der Waals surface area (Å²) in [6, 6.07) is 13.1. The minimum atomic E-state index is -1.10. The molecule has 0 aliphatic heterocycles. The zero-order valence-electron chi connectivity index (χ0n) is 19.9. The fraction of sp³-hybridized carbons (Fsp3) is 0.214. The Morgan fingerprint density at radius 3 is 2.19 bits per heavy atom. The first-order chi connectivity index (χ1) is 17.4. The van der Waals surface area contributed by atoms with E-state index in [9.17, 15) is 14.7 Å². The summed E-state index contributed by atoms with van der Waals surface area (Å²) in [5.41, 5.74) is 7.45. The Labute approximate surface area is 217 Å². The van der Waals surface area contributed by atoms with Crippen LogP contribution in [0.4, 0.5) is 0 Å². The lowest BCUT2D eigenvalue weighted by molar-refractivity contribution is 0.0691. The van der Waals surface area contributed by atoms with Crippen LogP contribution in [0.15, 0.2) is 52.8 Å². The average Bonchev–Trinajstić information content (AvgIpc) is 3.30. The summed E-state index contributed by atoms with van der Waals surface area (Å²) in [5, 5.41) is 11.2. The Balaban J connectivity index is 1.70. The van der Waals surface area contributed by atoms with Gasteiger partial charge in [-0.05, 0) is 46.2 Å². The lowest BCUT2D eigenvalue weighted by Crippen LogP contribution is -2.26. The number of thiazole rings is 1. The number of rotatable bonds is 6. The van der Waals surface area contributed by atoms with Crippen LogP contribution in [0.3, 0.4) is 0 Å². The van der Waals surface area contributed by atoms with Crippen LogP contribution in [-0.2, 0) is 19.4 Å². The molecule has 5 rings (SSSR count). The maximum absolute atomic E-state index is 12.8. The zero-order valence-corrected chi connectivity index (χ0v) is 21.6. The van der Waals surface area contributed by atoms with Crippen molar-refractivity contribution in [2.75, 3.05) is 0 Å². The summed E-state index contributed by atoms with van der Waals surface area (Å²) >= 11 is 7.10. The standard InChI is InChI=1S/C28H25N3O3S2/c1-3-16-5-9-20-18(11-16)7-8-19-12-17(4-2)6-10-21(19)25(20)22-13-29-28(34)31(26(22)35)14-24-30-23(15-36-24)27(32)33/h5-13,15,25H,3-4,14H2,1-2H3,(H,29,34)(H,32,33). The van der Waals surface area contributed by atoms with Crippen LogP contribution in [0.5, 0.6) is 0 Å². The second-order valence-corrected chi connectivity index (χ2v) is 10.1. The van der Waals surface area contributed by atoms with Crippen LogP contribution in [-0.4, -0.2) is 25.6 Å². The van der Waals surface area contributed by atoms with Gasteiger partial charge in [-0.2, -0.15) is 0 Å². The smallest absolute Gasteiger partial charge is 0.355 e. The van der Waals surface area contributed by atoms with Crippen LogP contribution < -0.4 is 5.69 Å². The monoisotopic (exact) mass is 515 g/mol. The van der Waals surface area contributed by atoms with Gasteiger partial charge < -0.3 is 10.1 Å². The molecule has 4 aromatic rings. The van der Waals surface area contributed by atoms with Gasteiger partial charge in [0.05, 0.1) is 6.54 Å². The number of benzene rings is 2. The molecular weight excluding hydrogens is 490 g/mol. The van der Waals surface area contributed by atoms with E-state index in [-0.39, 0.29) is 23.8 Å². The molecule has 0 saturated carbocycles. The van der Waals surface area contributed by atoms with Gasteiger partial charge in [-0.15, -0.1) is 11.3 Å². The summed E-state index contributed by atoms with van der Waals surface area (Å²) in [6.07, 6.45) is 7.93. The van der Waals surface area contributed by atoms with Gasteiger partial charge in [-0.1, -0.05) is 74.6 Å². The van der Waals surface area contributed by atoms with E-state index in [1.165, 1.54) is 32.4 Å². The Hall–Kier alpha value is -3.62. The third-order valence-electron chi connectivity index (χ3n) is 6.65. The van der Waals surface area contributed by atoms with Gasteiger partial charge in [0.1, 0.15) is 9.65 Å². The third-order valence-corrected chi connectivity index (χ3v) is 7.94. The molecule has 0 bridgehead atoms. The molecule has 182 valence electrons. The van der Waals surface area contributed by atoms with Crippen molar-refractivity contribution in [3.8, 4) is 0 Å². The Bertz CT molecular complexity index is 1570. The molecule has 0 spiro atoms. The maximum Gasteiger partial charge on any atom is 0.355 e. The highest BCUT2D eigenvalue weighted by molar-refractivity contribution is 7.71. The van der Waals surface area contributed by atoms with Crippen molar-refractivity contribution in [1.82, 2.24) is 14.5 Å². The zero-order chi connectivity index (χ0) is 25.4. The fourth-order valence-electron chi connectivity index (χ4n) is 4.68. The molecule has 8 heteroatoms. The van der Waals surface area contributed by atoms with Crippen LogP contribution in [0.2, 0.25) is 0 Å². The van der Waals surface area contributed by atoms with Crippen molar-refractivity contribution in [3.05, 3.63) is 113 Å². The molecule has 0 unspecified atom stereocenters. The number of carboxylic acids is 1. The maximum atomic E-state index is 12.8. The van der Waals surface area contributed by atoms with Gasteiger partial charge in [0.25, 0.3) is 0 Å². The molecular formula is C28H25N3O3S2. The van der Waals surface area contributed by atoms with E-state index < -0.39 is 5.97 Å². The molecule has 2 N–H and O–H groups in total. The summed E-state index contributed by atoms with van der Waals surface area (Å²) in [7, 11) is 0. The highest BCUT2D eigenvalue weighted by Crippen LogP contribution is 2.40. The van der Waals surface area contributed by atoms with E-state index in [1.807, 2.05) is 0 Å². The lowest BCUT2D eigenvalue weighted by atomic mass is 9.82. The van der Waals surface area contributed by atoms with E-state index in [1.54, 1.807) is 6.20 Å². The minimum absolute atomic E-state index is 0.0368. The van der Waals surface area contributed by atoms with Crippen molar-refractivity contribution in [3.63, 3.8) is 0 Å². The predicted octanol–water partition coefficient (Wildman–Crippen LogP) is 5.90. The molecule has 0 amide bonds. The molecule has 0 atom stereocenters. The molecule has 1 aliphatic rings. The molecule has 0 fully saturated rings. The minimum Gasteiger partial charge on any atom is -0.476 e. The molecule has 36 heavy (non-hydrogen) atoms. The first kappa shape index (κ1) is 24.1. The first-order valence-corrected chi connectivity index (χ1v) is 13.1.